The van der Waals surface area contributed by atoms with Crippen molar-refractivity contribution in [1.82, 2.24) is 0 Å². The molecule has 52 valence electrons. The smallest absolute Gasteiger partial charge is 0.483 e. The molecule has 0 saturated carbocycles. The molecule has 0 bridgehead atoms. The van der Waals surface area contributed by atoms with Gasteiger partial charge in [0, 0.05) is 0 Å². The minimum atomic E-state index is -0.250. The average molecular weight is 163 g/mol. The Hall–Kier alpha value is 0.526. The summed E-state index contributed by atoms with van der Waals surface area (Å²) in [6.45, 7) is 1.95. The molecule has 0 spiro atoms. The number of carbonyl (C=O) groups is 1. The van der Waals surface area contributed by atoms with Crippen LogP contribution in [0.1, 0.15) is 19.8 Å². The Labute approximate surface area is 69.1 Å². The number of unbranched alkanes of at least 4 members (excludes halogenated alkanes) is 1. The normalized spacial score (nSPS) is 6.44. The third kappa shape index (κ3) is 29.2. The van der Waals surface area contributed by atoms with E-state index in [1.807, 2.05) is 0 Å². The monoisotopic (exact) mass is 162 g/mol. The lowest BCUT2D eigenvalue weighted by molar-refractivity contribution is -0.122. The quantitative estimate of drug-likeness (QED) is 0.391. The van der Waals surface area contributed by atoms with Crippen LogP contribution in [-0.2, 0) is 4.79 Å². The molecule has 0 fully saturated rings. The zero-order valence-corrected chi connectivity index (χ0v) is 7.81. The lowest BCUT2D eigenvalue weighted by Crippen LogP contribution is -1.73. The Morgan fingerprint density at radius 3 is 2.33 bits per heavy atom. The van der Waals surface area contributed by atoms with E-state index in [-0.39, 0.29) is 25.7 Å². The van der Waals surface area contributed by atoms with Gasteiger partial charge in [0.2, 0.25) is 0 Å². The lowest BCUT2D eigenvalue weighted by atomic mass is 10.4. The Kier molecular flexibility index (Phi) is 21.5. The van der Waals surface area contributed by atoms with Crippen molar-refractivity contribution in [2.24, 2.45) is 0 Å². The van der Waals surface area contributed by atoms with Crippen LogP contribution in [0.25, 0.3) is 0 Å². The molecule has 0 aromatic rings. The van der Waals surface area contributed by atoms with Crippen molar-refractivity contribution in [2.45, 2.75) is 24.3 Å². The second-order valence-corrected chi connectivity index (χ2v) is 3.72. The van der Waals surface area contributed by atoms with E-state index in [9.17, 15) is 0 Å². The summed E-state index contributed by atoms with van der Waals surface area (Å²) in [6, 6.07) is 0. The van der Waals surface area contributed by atoms with Crippen LogP contribution in [0.4, 0.5) is 0 Å². The highest BCUT2D eigenvalue weighted by Gasteiger charge is 1.85. The van der Waals surface area contributed by atoms with Gasteiger partial charge in [-0.25, -0.2) is 0 Å². The van der Waals surface area contributed by atoms with E-state index < -0.39 is 0 Å². The third-order valence-electron chi connectivity index (χ3n) is 0.737. The first-order valence-corrected chi connectivity index (χ1v) is 6.11. The fraction of sp³-hybridized carbons (Fsp3) is 0.800. The molecule has 9 heavy (non-hydrogen) atoms. The maximum atomic E-state index is 8.36. The van der Waals surface area contributed by atoms with Crippen molar-refractivity contribution in [1.29, 1.82) is 0 Å². The summed E-state index contributed by atoms with van der Waals surface area (Å²) in [5.74, 6) is 0. The van der Waals surface area contributed by atoms with Gasteiger partial charge < -0.3 is 14.2 Å². The van der Waals surface area contributed by atoms with Gasteiger partial charge in [-0.2, -0.15) is 0 Å². The summed E-state index contributed by atoms with van der Waals surface area (Å²) < 4.78 is 1.32. The van der Waals surface area contributed by atoms with Crippen molar-refractivity contribution < 1.29 is 9.90 Å². The van der Waals surface area contributed by atoms with E-state index in [4.69, 9.17) is 19.0 Å². The highest BCUT2D eigenvalue weighted by Crippen LogP contribution is 1.93. The van der Waals surface area contributed by atoms with Crippen LogP contribution in [0, 0.1) is 0 Å². The number of rotatable bonds is 3. The topological polar surface area (TPSA) is 37.3 Å². The fourth-order valence-corrected chi connectivity index (χ4v) is 1.60. The van der Waals surface area contributed by atoms with Crippen molar-refractivity contribution in [3.05, 3.63) is 0 Å². The van der Waals surface area contributed by atoms with Gasteiger partial charge >= 0.3 is 19.3 Å². The van der Waals surface area contributed by atoms with Crippen molar-refractivity contribution >= 4 is 34.8 Å². The second-order valence-electron chi connectivity index (χ2n) is 1.50. The Morgan fingerprint density at radius 2 is 2.22 bits per heavy atom. The van der Waals surface area contributed by atoms with E-state index in [2.05, 4.69) is 6.92 Å². The predicted molar refractivity (Wildman–Crippen MR) is 40.0 cm³/mol. The van der Waals surface area contributed by atoms with Gasteiger partial charge in [0.25, 0.3) is 6.47 Å². The van der Waals surface area contributed by atoms with Crippen LogP contribution in [0.2, 0.25) is 4.55 Å². The van der Waals surface area contributed by atoms with Gasteiger partial charge in [-0.1, -0.05) is 19.8 Å². The summed E-state index contributed by atoms with van der Waals surface area (Å²) >= 11 is -0.125. The van der Waals surface area contributed by atoms with E-state index in [0.717, 1.165) is 0 Å². The van der Waals surface area contributed by atoms with Crippen LogP contribution < -0.4 is 0 Å². The fourth-order valence-electron chi connectivity index (χ4n) is 0.344. The molecular weight excluding hydrogens is 152 g/mol. The largest absolute Gasteiger partial charge is 0.501 e. The molecular formula is C5H11ClMgO2. The molecule has 0 radical (unpaired) electrons. The molecule has 0 aromatic heterocycles. The lowest BCUT2D eigenvalue weighted by Gasteiger charge is -1.82. The van der Waals surface area contributed by atoms with Gasteiger partial charge in [-0.15, -0.1) is 4.55 Å². The number of hydrogen-bond donors (Lipinski definition) is 1. The number of halogens is 1. The van der Waals surface area contributed by atoms with Crippen LogP contribution in [0.3, 0.4) is 0 Å². The summed E-state index contributed by atoms with van der Waals surface area (Å²) in [5.41, 5.74) is 0. The van der Waals surface area contributed by atoms with Crippen molar-refractivity contribution in [2.75, 3.05) is 0 Å². The molecule has 0 atom stereocenters. The van der Waals surface area contributed by atoms with E-state index in [1.165, 1.54) is 17.4 Å². The maximum Gasteiger partial charge on any atom is 0.501 e. The first-order valence-electron chi connectivity index (χ1n) is 2.97. The van der Waals surface area contributed by atoms with Crippen LogP contribution >= 0.6 is 9.07 Å². The molecule has 0 aliphatic heterocycles. The highest BCUT2D eigenvalue weighted by atomic mass is 35.5. The highest BCUT2D eigenvalue weighted by molar-refractivity contribution is 6.93. The second kappa shape index (κ2) is 15.8. The molecule has 2 nitrogen and oxygen atoms in total. The Balaban J connectivity index is 0. The molecule has 0 heterocycles. The van der Waals surface area contributed by atoms with Crippen LogP contribution in [0.5, 0.6) is 0 Å². The number of hydrogen-bond acceptors (Lipinski definition) is 1. The Bertz CT molecular complexity index is 48.2. The van der Waals surface area contributed by atoms with Gasteiger partial charge in [-0.3, -0.25) is 4.79 Å². The van der Waals surface area contributed by atoms with Crippen molar-refractivity contribution in [3.8, 4) is 0 Å². The zero-order valence-electron chi connectivity index (χ0n) is 5.64. The molecule has 0 aromatic carbocycles. The van der Waals surface area contributed by atoms with E-state index in [1.54, 1.807) is 0 Å². The molecule has 0 aliphatic carbocycles. The standard InChI is InChI=1S/C4H9.CH2O2.ClH.Mg/c1-3-4-2;2-1-3;;/h1,3-4H2,2H3;1H,(H,2,3);1H;/q;;;+1/p-1. The first kappa shape index (κ1) is 12.2. The minimum Gasteiger partial charge on any atom is -0.483 e. The van der Waals surface area contributed by atoms with Gasteiger partial charge in [-0.05, 0) is 0 Å². The van der Waals surface area contributed by atoms with Crippen LogP contribution in [-0.4, -0.2) is 30.8 Å². The predicted octanol–water partition coefficient (Wildman–Crippen LogP) is 1.76. The van der Waals surface area contributed by atoms with Gasteiger partial charge in [0.05, 0.1) is 0 Å². The maximum absolute atomic E-state index is 8.36. The molecule has 0 unspecified atom stereocenters. The summed E-state index contributed by atoms with van der Waals surface area (Å²) in [5, 5.41) is 6.89. The van der Waals surface area contributed by atoms with E-state index in [0.29, 0.717) is 0 Å². The summed E-state index contributed by atoms with van der Waals surface area (Å²) in [7, 11) is 5.52. The summed E-state index contributed by atoms with van der Waals surface area (Å²) in [4.78, 5) is 8.36. The molecule has 1 N–H and O–H groups in total. The Morgan fingerprint density at radius 1 is 1.78 bits per heavy atom. The summed E-state index contributed by atoms with van der Waals surface area (Å²) in [6.07, 6.45) is 2.65. The SMILES string of the molecule is CCC[CH2][Mg][Cl].O=CO. The van der Waals surface area contributed by atoms with Gasteiger partial charge in [0.15, 0.2) is 0 Å². The van der Waals surface area contributed by atoms with Crippen molar-refractivity contribution in [3.63, 3.8) is 0 Å². The minimum absolute atomic E-state index is 0.125. The molecule has 4 heteroatoms. The first-order chi connectivity index (χ1) is 4.33. The molecule has 0 aliphatic rings. The third-order valence-corrected chi connectivity index (χ3v) is 2.31. The average Bonchev–Trinajstić information content (AvgIpc) is 1.86. The number of carboxylic acid groups (broad SMARTS) is 1. The van der Waals surface area contributed by atoms with Gasteiger partial charge in [0.1, 0.15) is 0 Å². The van der Waals surface area contributed by atoms with Crippen LogP contribution in [0.15, 0.2) is 0 Å². The molecule has 0 amide bonds. The van der Waals surface area contributed by atoms with E-state index >= 15 is 0 Å². The molecule has 0 rings (SSSR count). The molecule has 0 saturated heterocycles. The zero-order chi connectivity index (χ0) is 7.54.